The zero-order valence-corrected chi connectivity index (χ0v) is 11.6. The van der Waals surface area contributed by atoms with Gasteiger partial charge in [0, 0.05) is 5.69 Å². The Morgan fingerprint density at radius 3 is 2.40 bits per heavy atom. The molecule has 0 aliphatic carbocycles. The second-order valence-electron chi connectivity index (χ2n) is 4.28. The first kappa shape index (κ1) is 14.1. The molecule has 5 nitrogen and oxygen atoms in total. The maximum absolute atomic E-state index is 12.0. The lowest BCUT2D eigenvalue weighted by atomic mass is 10.2. The van der Waals surface area contributed by atoms with E-state index in [2.05, 4.69) is 5.32 Å². The SMILES string of the molecule is Cc1cc(C(=O)Nc2ccc(C(=O)O)c(Cl)c2)c(C)o1. The van der Waals surface area contributed by atoms with Crippen LogP contribution in [0, 0.1) is 13.8 Å². The van der Waals surface area contributed by atoms with Crippen molar-refractivity contribution in [2.75, 3.05) is 5.32 Å². The molecule has 104 valence electrons. The van der Waals surface area contributed by atoms with Gasteiger partial charge in [-0.05, 0) is 38.1 Å². The van der Waals surface area contributed by atoms with Crippen LogP contribution in [0.25, 0.3) is 0 Å². The lowest BCUT2D eigenvalue weighted by Crippen LogP contribution is -2.12. The molecule has 0 atom stereocenters. The summed E-state index contributed by atoms with van der Waals surface area (Å²) in [6.45, 7) is 3.45. The van der Waals surface area contributed by atoms with Gasteiger partial charge in [-0.25, -0.2) is 4.79 Å². The summed E-state index contributed by atoms with van der Waals surface area (Å²) >= 11 is 5.84. The van der Waals surface area contributed by atoms with Crippen LogP contribution in [-0.2, 0) is 0 Å². The summed E-state index contributed by atoms with van der Waals surface area (Å²) in [6.07, 6.45) is 0. The molecule has 0 saturated heterocycles. The highest BCUT2D eigenvalue weighted by atomic mass is 35.5. The first-order chi connectivity index (χ1) is 9.38. The predicted octanol–water partition coefficient (Wildman–Crippen LogP) is 3.50. The Bertz CT molecular complexity index is 690. The molecule has 0 aliphatic heterocycles. The Morgan fingerprint density at radius 1 is 1.20 bits per heavy atom. The molecule has 2 N–H and O–H groups in total. The number of anilines is 1. The molecule has 0 aliphatic rings. The molecule has 0 fully saturated rings. The minimum Gasteiger partial charge on any atom is -0.478 e. The first-order valence-corrected chi connectivity index (χ1v) is 6.17. The third-order valence-corrected chi connectivity index (χ3v) is 3.06. The maximum Gasteiger partial charge on any atom is 0.337 e. The summed E-state index contributed by atoms with van der Waals surface area (Å²) in [6, 6.07) is 5.85. The number of hydrogen-bond acceptors (Lipinski definition) is 3. The van der Waals surface area contributed by atoms with E-state index in [9.17, 15) is 9.59 Å². The van der Waals surface area contributed by atoms with Gasteiger partial charge in [0.25, 0.3) is 5.91 Å². The smallest absolute Gasteiger partial charge is 0.337 e. The van der Waals surface area contributed by atoms with Crippen LogP contribution in [0.1, 0.15) is 32.2 Å². The van der Waals surface area contributed by atoms with Crippen molar-refractivity contribution >= 4 is 29.2 Å². The average molecular weight is 294 g/mol. The number of carboxylic acids is 1. The lowest BCUT2D eigenvalue weighted by molar-refractivity contribution is 0.0697. The first-order valence-electron chi connectivity index (χ1n) is 5.79. The molecule has 0 radical (unpaired) electrons. The van der Waals surface area contributed by atoms with Crippen LogP contribution in [0.3, 0.4) is 0 Å². The Balaban J connectivity index is 2.22. The number of carbonyl (C=O) groups is 2. The second-order valence-corrected chi connectivity index (χ2v) is 4.69. The van der Waals surface area contributed by atoms with Crippen molar-refractivity contribution < 1.29 is 19.1 Å². The average Bonchev–Trinajstić information content (AvgIpc) is 2.68. The highest BCUT2D eigenvalue weighted by molar-refractivity contribution is 6.33. The van der Waals surface area contributed by atoms with E-state index in [0.717, 1.165) is 0 Å². The summed E-state index contributed by atoms with van der Waals surface area (Å²) in [7, 11) is 0. The molecule has 0 bridgehead atoms. The van der Waals surface area contributed by atoms with Crippen molar-refractivity contribution in [1.82, 2.24) is 0 Å². The van der Waals surface area contributed by atoms with E-state index in [-0.39, 0.29) is 16.5 Å². The molecule has 0 saturated carbocycles. The Labute approximate surface area is 120 Å². The molecule has 2 rings (SSSR count). The molecule has 0 spiro atoms. The molecule has 1 heterocycles. The monoisotopic (exact) mass is 293 g/mol. The van der Waals surface area contributed by atoms with E-state index >= 15 is 0 Å². The fourth-order valence-electron chi connectivity index (χ4n) is 1.82. The molecular formula is C14H12ClNO4. The van der Waals surface area contributed by atoms with Gasteiger partial charge >= 0.3 is 5.97 Å². The van der Waals surface area contributed by atoms with E-state index in [1.54, 1.807) is 19.9 Å². The Kier molecular flexibility index (Phi) is 3.81. The number of carboxylic acid groups (broad SMARTS) is 1. The Hall–Kier alpha value is -2.27. The number of rotatable bonds is 3. The lowest BCUT2D eigenvalue weighted by Gasteiger charge is -2.06. The summed E-state index contributed by atoms with van der Waals surface area (Å²) in [5, 5.41) is 11.6. The third-order valence-electron chi connectivity index (χ3n) is 2.74. The standard InChI is InChI=1S/C14H12ClNO4/c1-7-5-11(8(2)20-7)13(17)16-9-3-4-10(14(18)19)12(15)6-9/h3-6H,1-2H3,(H,16,17)(H,18,19). The highest BCUT2D eigenvalue weighted by Crippen LogP contribution is 2.22. The largest absolute Gasteiger partial charge is 0.478 e. The van der Waals surface area contributed by atoms with Gasteiger partial charge in [-0.15, -0.1) is 0 Å². The molecule has 1 aromatic carbocycles. The van der Waals surface area contributed by atoms with E-state index < -0.39 is 5.97 Å². The number of halogens is 1. The Morgan fingerprint density at radius 2 is 1.90 bits per heavy atom. The normalized spacial score (nSPS) is 10.3. The fourth-order valence-corrected chi connectivity index (χ4v) is 2.08. The van der Waals surface area contributed by atoms with Crippen molar-refractivity contribution in [2.24, 2.45) is 0 Å². The van der Waals surface area contributed by atoms with E-state index in [0.29, 0.717) is 22.8 Å². The van der Waals surface area contributed by atoms with Gasteiger partial charge in [-0.1, -0.05) is 11.6 Å². The number of hydrogen-bond donors (Lipinski definition) is 2. The topological polar surface area (TPSA) is 79.5 Å². The minimum atomic E-state index is -1.12. The van der Waals surface area contributed by atoms with Crippen molar-refractivity contribution in [2.45, 2.75) is 13.8 Å². The number of benzene rings is 1. The number of aryl methyl sites for hydroxylation is 2. The summed E-state index contributed by atoms with van der Waals surface area (Å²) in [5.41, 5.74) is 0.837. The van der Waals surface area contributed by atoms with Crippen LogP contribution >= 0.6 is 11.6 Å². The number of amides is 1. The minimum absolute atomic E-state index is 0.0139. The van der Waals surface area contributed by atoms with E-state index in [1.807, 2.05) is 0 Å². The van der Waals surface area contributed by atoms with Crippen LogP contribution in [0.2, 0.25) is 5.02 Å². The zero-order chi connectivity index (χ0) is 14.9. The van der Waals surface area contributed by atoms with Crippen molar-refractivity contribution in [1.29, 1.82) is 0 Å². The maximum atomic E-state index is 12.0. The van der Waals surface area contributed by atoms with Crippen LogP contribution in [0.5, 0.6) is 0 Å². The van der Waals surface area contributed by atoms with Gasteiger partial charge in [0.2, 0.25) is 0 Å². The van der Waals surface area contributed by atoms with Crippen LogP contribution in [0.4, 0.5) is 5.69 Å². The van der Waals surface area contributed by atoms with Crippen molar-refractivity contribution in [3.8, 4) is 0 Å². The van der Waals surface area contributed by atoms with Crippen LogP contribution in [0.15, 0.2) is 28.7 Å². The second kappa shape index (κ2) is 5.38. The van der Waals surface area contributed by atoms with Crippen molar-refractivity contribution in [3.63, 3.8) is 0 Å². The molecule has 1 amide bonds. The van der Waals surface area contributed by atoms with Gasteiger partial charge in [-0.3, -0.25) is 4.79 Å². The van der Waals surface area contributed by atoms with Gasteiger partial charge in [0.05, 0.1) is 16.1 Å². The third kappa shape index (κ3) is 2.83. The fraction of sp³-hybridized carbons (Fsp3) is 0.143. The quantitative estimate of drug-likeness (QED) is 0.907. The number of aromatic carboxylic acids is 1. The van der Waals surface area contributed by atoms with Crippen molar-refractivity contribution in [3.05, 3.63) is 51.9 Å². The van der Waals surface area contributed by atoms with E-state index in [4.69, 9.17) is 21.1 Å². The predicted molar refractivity (Wildman–Crippen MR) is 74.5 cm³/mol. The van der Waals surface area contributed by atoms with E-state index in [1.165, 1.54) is 18.2 Å². The van der Waals surface area contributed by atoms with Gasteiger partial charge < -0.3 is 14.8 Å². The number of carbonyl (C=O) groups excluding carboxylic acids is 1. The van der Waals surface area contributed by atoms with Gasteiger partial charge in [0.1, 0.15) is 11.5 Å². The number of furan rings is 1. The number of nitrogens with one attached hydrogen (secondary N) is 1. The molecule has 1 aromatic heterocycles. The molecule has 6 heteroatoms. The molecular weight excluding hydrogens is 282 g/mol. The summed E-state index contributed by atoms with van der Waals surface area (Å²) < 4.78 is 5.28. The molecule has 20 heavy (non-hydrogen) atoms. The summed E-state index contributed by atoms with van der Waals surface area (Å²) in [5.74, 6) is -0.284. The highest BCUT2D eigenvalue weighted by Gasteiger charge is 2.15. The molecule has 0 unspecified atom stereocenters. The summed E-state index contributed by atoms with van der Waals surface area (Å²) in [4.78, 5) is 22.9. The van der Waals surface area contributed by atoms with Gasteiger partial charge in [-0.2, -0.15) is 0 Å². The zero-order valence-electron chi connectivity index (χ0n) is 10.9. The van der Waals surface area contributed by atoms with Crippen LogP contribution in [-0.4, -0.2) is 17.0 Å². The molecule has 2 aromatic rings. The van der Waals surface area contributed by atoms with Crippen LogP contribution < -0.4 is 5.32 Å². The van der Waals surface area contributed by atoms with Gasteiger partial charge in [0.15, 0.2) is 0 Å².